The topological polar surface area (TPSA) is 89.3 Å². The van der Waals surface area contributed by atoms with Crippen molar-refractivity contribution in [3.8, 4) is 17.1 Å². The van der Waals surface area contributed by atoms with Crippen molar-refractivity contribution in [3.05, 3.63) is 102 Å². The fourth-order valence-corrected chi connectivity index (χ4v) is 3.52. The minimum atomic E-state index is -0.316. The highest BCUT2D eigenvalue weighted by atomic mass is 35.5. The van der Waals surface area contributed by atoms with Crippen LogP contribution in [-0.2, 0) is 17.8 Å². The van der Waals surface area contributed by atoms with Gasteiger partial charge in [0.25, 0.3) is 0 Å². The highest BCUT2D eigenvalue weighted by Crippen LogP contribution is 2.33. The van der Waals surface area contributed by atoms with Crippen molar-refractivity contribution in [2.24, 2.45) is 0 Å². The molecule has 178 valence electrons. The van der Waals surface area contributed by atoms with E-state index in [2.05, 4.69) is 27.4 Å². The average molecular weight is 493 g/mol. The van der Waals surface area contributed by atoms with Crippen LogP contribution >= 0.6 is 11.6 Å². The van der Waals surface area contributed by atoms with Crippen molar-refractivity contribution in [1.82, 2.24) is 15.5 Å². The molecule has 0 saturated carbocycles. The van der Waals surface area contributed by atoms with E-state index in [-0.39, 0.29) is 18.3 Å². The van der Waals surface area contributed by atoms with E-state index in [0.717, 1.165) is 11.4 Å². The van der Waals surface area contributed by atoms with Gasteiger partial charge in [0.15, 0.2) is 5.76 Å². The molecule has 9 heteroatoms. The first-order chi connectivity index (χ1) is 17.0. The Balaban J connectivity index is 1.43. The van der Waals surface area contributed by atoms with Gasteiger partial charge in [0.05, 0.1) is 22.0 Å². The van der Waals surface area contributed by atoms with Crippen molar-refractivity contribution in [1.29, 1.82) is 0 Å². The van der Waals surface area contributed by atoms with E-state index < -0.39 is 0 Å². The van der Waals surface area contributed by atoms with Crippen molar-refractivity contribution in [2.45, 2.75) is 13.0 Å². The van der Waals surface area contributed by atoms with E-state index in [1.165, 1.54) is 18.2 Å². The third-order valence-electron chi connectivity index (χ3n) is 5.01. The van der Waals surface area contributed by atoms with Crippen LogP contribution < -0.4 is 15.4 Å². The summed E-state index contributed by atoms with van der Waals surface area (Å²) in [7, 11) is 0. The number of amides is 1. The molecular formula is C26H22ClFN4O3. The molecule has 1 amide bonds. The molecule has 0 atom stereocenters. The number of benzene rings is 2. The molecule has 2 N–H and O–H groups in total. The molecule has 0 aliphatic carbocycles. The van der Waals surface area contributed by atoms with Crippen LogP contribution in [0.3, 0.4) is 0 Å². The quantitative estimate of drug-likeness (QED) is 0.276. The van der Waals surface area contributed by atoms with Crippen LogP contribution in [0.15, 0.2) is 84.2 Å². The maximum absolute atomic E-state index is 13.4. The van der Waals surface area contributed by atoms with Crippen LogP contribution in [0.1, 0.15) is 11.3 Å². The summed E-state index contributed by atoms with van der Waals surface area (Å²) >= 11 is 6.42. The number of carbonyl (C=O) groups is 1. The highest BCUT2D eigenvalue weighted by Gasteiger charge is 2.13. The lowest BCUT2D eigenvalue weighted by atomic mass is 10.1. The Bertz CT molecular complexity index is 1340. The van der Waals surface area contributed by atoms with E-state index in [1.807, 2.05) is 12.1 Å². The predicted molar refractivity (Wildman–Crippen MR) is 132 cm³/mol. The zero-order valence-corrected chi connectivity index (χ0v) is 19.4. The summed E-state index contributed by atoms with van der Waals surface area (Å²) in [6.07, 6.45) is 5.06. The first-order valence-corrected chi connectivity index (χ1v) is 11.1. The monoisotopic (exact) mass is 492 g/mol. The van der Waals surface area contributed by atoms with Gasteiger partial charge >= 0.3 is 0 Å². The molecule has 4 rings (SSSR count). The largest absolute Gasteiger partial charge is 0.487 e. The van der Waals surface area contributed by atoms with Crippen LogP contribution in [0.2, 0.25) is 5.02 Å². The molecule has 0 radical (unpaired) electrons. The summed E-state index contributed by atoms with van der Waals surface area (Å²) in [6, 6.07) is 15.1. The molecule has 0 saturated heterocycles. The van der Waals surface area contributed by atoms with Crippen molar-refractivity contribution in [3.63, 3.8) is 0 Å². The third kappa shape index (κ3) is 6.45. The van der Waals surface area contributed by atoms with E-state index in [9.17, 15) is 9.18 Å². The smallest absolute Gasteiger partial charge is 0.243 e. The van der Waals surface area contributed by atoms with Crippen LogP contribution in [0, 0.1) is 5.82 Å². The van der Waals surface area contributed by atoms with Gasteiger partial charge in [0.2, 0.25) is 5.91 Å². The number of aromatic nitrogens is 2. The summed E-state index contributed by atoms with van der Waals surface area (Å²) in [5.41, 5.74) is 3.59. The average Bonchev–Trinajstić information content (AvgIpc) is 3.32. The molecule has 2 aromatic carbocycles. The second kappa shape index (κ2) is 11.3. The molecule has 7 nitrogen and oxygen atoms in total. The SMILES string of the molecule is C=CC(=O)NCCc1cc(-c2cnccc2Nc2ccc(OCc3cccc(F)c3)c(Cl)c2)on1. The van der Waals surface area contributed by atoms with Crippen molar-refractivity contribution in [2.75, 3.05) is 11.9 Å². The Labute approximate surface area is 206 Å². The predicted octanol–water partition coefficient (Wildman–Crippen LogP) is 5.70. The molecule has 0 aliphatic rings. The van der Waals surface area contributed by atoms with Gasteiger partial charge in [-0.15, -0.1) is 0 Å². The van der Waals surface area contributed by atoms with Gasteiger partial charge in [-0.25, -0.2) is 4.39 Å². The van der Waals surface area contributed by atoms with Crippen LogP contribution in [0.25, 0.3) is 11.3 Å². The minimum absolute atomic E-state index is 0.198. The zero-order chi connectivity index (χ0) is 24.6. The Morgan fingerprint density at radius 2 is 2.09 bits per heavy atom. The van der Waals surface area contributed by atoms with Gasteiger partial charge in [-0.1, -0.05) is 35.5 Å². The molecule has 2 aromatic heterocycles. The van der Waals surface area contributed by atoms with Crippen LogP contribution in [0.4, 0.5) is 15.8 Å². The lowest BCUT2D eigenvalue weighted by molar-refractivity contribution is -0.116. The standard InChI is InChI=1S/C26H22ClFN4O3/c1-2-26(33)30-11-8-20-14-25(35-32-20)21-15-29-10-9-23(21)31-19-6-7-24(22(27)13-19)34-16-17-4-3-5-18(28)12-17/h2-7,9-10,12-15H,1,8,11,16H2,(H,29,31)(H,30,33). The fourth-order valence-electron chi connectivity index (χ4n) is 3.28. The summed E-state index contributed by atoms with van der Waals surface area (Å²) in [5, 5.41) is 10.5. The highest BCUT2D eigenvalue weighted by molar-refractivity contribution is 6.32. The molecule has 0 unspecified atom stereocenters. The minimum Gasteiger partial charge on any atom is -0.487 e. The number of anilines is 2. The van der Waals surface area contributed by atoms with Gasteiger partial charge in [0.1, 0.15) is 18.2 Å². The number of carbonyl (C=O) groups excluding carboxylic acids is 1. The van der Waals surface area contributed by atoms with Gasteiger partial charge in [-0.2, -0.15) is 0 Å². The fraction of sp³-hybridized carbons (Fsp3) is 0.115. The Kier molecular flexibility index (Phi) is 7.74. The Morgan fingerprint density at radius 1 is 1.20 bits per heavy atom. The normalized spacial score (nSPS) is 10.6. The maximum Gasteiger partial charge on any atom is 0.243 e. The molecular weight excluding hydrogens is 471 g/mol. The number of rotatable bonds is 10. The lowest BCUT2D eigenvalue weighted by Crippen LogP contribution is -2.23. The van der Waals surface area contributed by atoms with Gasteiger partial charge in [0, 0.05) is 37.1 Å². The van der Waals surface area contributed by atoms with Crippen molar-refractivity contribution >= 4 is 28.9 Å². The molecule has 0 bridgehead atoms. The van der Waals surface area contributed by atoms with Crippen LogP contribution in [-0.4, -0.2) is 22.6 Å². The lowest BCUT2D eigenvalue weighted by Gasteiger charge is -2.13. The second-order valence-corrected chi connectivity index (χ2v) is 7.94. The maximum atomic E-state index is 13.4. The van der Waals surface area contributed by atoms with Gasteiger partial charge < -0.3 is 19.9 Å². The second-order valence-electron chi connectivity index (χ2n) is 7.54. The van der Waals surface area contributed by atoms with Gasteiger partial charge in [-0.3, -0.25) is 9.78 Å². The zero-order valence-electron chi connectivity index (χ0n) is 18.6. The number of pyridine rings is 1. The summed E-state index contributed by atoms with van der Waals surface area (Å²) < 4.78 is 24.6. The van der Waals surface area contributed by atoms with Crippen molar-refractivity contribution < 1.29 is 18.4 Å². The Hall–Kier alpha value is -4.17. The molecule has 0 spiro atoms. The number of nitrogens with zero attached hydrogens (tertiary/aromatic N) is 2. The number of ether oxygens (including phenoxy) is 1. The van der Waals surface area contributed by atoms with E-state index in [0.29, 0.717) is 46.3 Å². The van der Waals surface area contributed by atoms with E-state index >= 15 is 0 Å². The first kappa shape index (κ1) is 24.0. The molecule has 35 heavy (non-hydrogen) atoms. The molecule has 2 heterocycles. The van der Waals surface area contributed by atoms with E-state index in [4.69, 9.17) is 20.9 Å². The summed E-state index contributed by atoms with van der Waals surface area (Å²) in [6.45, 7) is 4.04. The summed E-state index contributed by atoms with van der Waals surface area (Å²) in [4.78, 5) is 15.5. The van der Waals surface area contributed by atoms with Gasteiger partial charge in [-0.05, 0) is 48.0 Å². The number of hydrogen-bond acceptors (Lipinski definition) is 6. The van der Waals surface area contributed by atoms with E-state index in [1.54, 1.807) is 42.7 Å². The first-order valence-electron chi connectivity index (χ1n) is 10.8. The number of halogens is 2. The molecule has 0 aliphatic heterocycles. The number of nitrogens with one attached hydrogen (secondary N) is 2. The Morgan fingerprint density at radius 3 is 2.89 bits per heavy atom. The third-order valence-corrected chi connectivity index (χ3v) is 5.30. The number of hydrogen-bond donors (Lipinski definition) is 2. The summed E-state index contributed by atoms with van der Waals surface area (Å²) in [5.74, 6) is 0.464. The molecule has 4 aromatic rings. The van der Waals surface area contributed by atoms with Crippen LogP contribution in [0.5, 0.6) is 5.75 Å². The molecule has 0 fully saturated rings.